The van der Waals surface area contributed by atoms with Gasteiger partial charge in [0.15, 0.2) is 5.13 Å². The molecule has 1 heterocycles. The van der Waals surface area contributed by atoms with Gasteiger partial charge in [0.1, 0.15) is 5.75 Å². The van der Waals surface area contributed by atoms with Crippen LogP contribution in [0.3, 0.4) is 0 Å². The molecular formula is C15H14N2OS. The van der Waals surface area contributed by atoms with E-state index < -0.39 is 0 Å². The molecule has 3 aromatic rings. The fourth-order valence-electron chi connectivity index (χ4n) is 1.98. The monoisotopic (exact) mass is 270 g/mol. The molecule has 0 spiro atoms. The van der Waals surface area contributed by atoms with Gasteiger partial charge in [0.25, 0.3) is 0 Å². The van der Waals surface area contributed by atoms with Crippen molar-refractivity contribution in [3.05, 3.63) is 48.0 Å². The van der Waals surface area contributed by atoms with Crippen LogP contribution in [0, 0.1) is 6.92 Å². The van der Waals surface area contributed by atoms with E-state index in [2.05, 4.69) is 17.2 Å². The third-order valence-electron chi connectivity index (χ3n) is 2.92. The maximum absolute atomic E-state index is 5.29. The van der Waals surface area contributed by atoms with E-state index >= 15 is 0 Å². The zero-order chi connectivity index (χ0) is 13.2. The fourth-order valence-corrected chi connectivity index (χ4v) is 2.97. The largest absolute Gasteiger partial charge is 0.497 e. The predicted molar refractivity (Wildman–Crippen MR) is 80.6 cm³/mol. The Balaban J connectivity index is 2.00. The van der Waals surface area contributed by atoms with Crippen molar-refractivity contribution in [3.63, 3.8) is 0 Å². The average molecular weight is 270 g/mol. The predicted octanol–water partition coefficient (Wildman–Crippen LogP) is 4.36. The molecule has 2 aromatic carbocycles. The smallest absolute Gasteiger partial charge is 0.188 e. The van der Waals surface area contributed by atoms with Gasteiger partial charge in [-0.1, -0.05) is 29.5 Å². The lowest BCUT2D eigenvalue weighted by Crippen LogP contribution is -1.88. The minimum Gasteiger partial charge on any atom is -0.497 e. The number of anilines is 2. The van der Waals surface area contributed by atoms with Crippen LogP contribution in [0.25, 0.3) is 10.2 Å². The lowest BCUT2D eigenvalue weighted by atomic mass is 10.2. The number of rotatable bonds is 3. The van der Waals surface area contributed by atoms with E-state index in [4.69, 9.17) is 4.74 Å². The van der Waals surface area contributed by atoms with Gasteiger partial charge in [-0.3, -0.25) is 0 Å². The van der Waals surface area contributed by atoms with E-state index in [1.165, 1.54) is 0 Å². The summed E-state index contributed by atoms with van der Waals surface area (Å²) in [5.74, 6) is 0.875. The molecule has 19 heavy (non-hydrogen) atoms. The van der Waals surface area contributed by atoms with Crippen LogP contribution in [-0.2, 0) is 0 Å². The van der Waals surface area contributed by atoms with Gasteiger partial charge < -0.3 is 10.1 Å². The number of methoxy groups -OCH3 is 1. The highest BCUT2D eigenvalue weighted by Crippen LogP contribution is 2.33. The van der Waals surface area contributed by atoms with E-state index in [-0.39, 0.29) is 0 Å². The number of thiazole rings is 1. The number of nitrogens with one attached hydrogen (secondary N) is 1. The minimum atomic E-state index is 0.875. The third-order valence-corrected chi connectivity index (χ3v) is 3.84. The van der Waals surface area contributed by atoms with Crippen LogP contribution >= 0.6 is 11.3 Å². The highest BCUT2D eigenvalue weighted by atomic mass is 32.1. The first-order valence-electron chi connectivity index (χ1n) is 6.03. The Bertz CT molecular complexity index is 707. The van der Waals surface area contributed by atoms with Crippen molar-refractivity contribution >= 4 is 32.4 Å². The summed E-state index contributed by atoms with van der Waals surface area (Å²) >= 11 is 1.63. The number of ether oxygens (including phenoxy) is 1. The lowest BCUT2D eigenvalue weighted by Gasteiger charge is -2.00. The fraction of sp³-hybridized carbons (Fsp3) is 0.133. The summed E-state index contributed by atoms with van der Waals surface area (Å²) in [6.45, 7) is 2.05. The second-order valence-electron chi connectivity index (χ2n) is 4.30. The number of fused-ring (bicyclic) bond motifs is 1. The van der Waals surface area contributed by atoms with Crippen molar-refractivity contribution in [2.24, 2.45) is 0 Å². The van der Waals surface area contributed by atoms with Crippen LogP contribution in [0.2, 0.25) is 0 Å². The highest BCUT2D eigenvalue weighted by Gasteiger charge is 2.08. The Morgan fingerprint density at radius 2 is 1.95 bits per heavy atom. The molecule has 0 amide bonds. The molecule has 96 valence electrons. The van der Waals surface area contributed by atoms with E-state index in [1.807, 2.05) is 42.5 Å². The van der Waals surface area contributed by atoms with Crippen LogP contribution in [0.1, 0.15) is 5.56 Å². The first-order chi connectivity index (χ1) is 9.26. The van der Waals surface area contributed by atoms with Gasteiger partial charge in [-0.2, -0.15) is 0 Å². The van der Waals surface area contributed by atoms with Crippen molar-refractivity contribution < 1.29 is 4.74 Å². The van der Waals surface area contributed by atoms with E-state index in [9.17, 15) is 0 Å². The molecule has 0 saturated carbocycles. The van der Waals surface area contributed by atoms with Crippen LogP contribution in [0.15, 0.2) is 42.5 Å². The highest BCUT2D eigenvalue weighted by molar-refractivity contribution is 7.22. The van der Waals surface area contributed by atoms with Crippen LogP contribution in [-0.4, -0.2) is 12.1 Å². The van der Waals surface area contributed by atoms with Crippen LogP contribution < -0.4 is 10.1 Å². The summed E-state index contributed by atoms with van der Waals surface area (Å²) < 4.78 is 6.42. The molecule has 3 nitrogen and oxygen atoms in total. The molecule has 0 aliphatic carbocycles. The summed E-state index contributed by atoms with van der Waals surface area (Å²) in [5, 5.41) is 4.23. The van der Waals surface area contributed by atoms with Crippen LogP contribution in [0.4, 0.5) is 10.8 Å². The molecule has 4 heteroatoms. The summed E-state index contributed by atoms with van der Waals surface area (Å²) in [7, 11) is 1.69. The van der Waals surface area contributed by atoms with Crippen molar-refractivity contribution in [2.45, 2.75) is 6.92 Å². The number of aryl methyl sites for hydroxylation is 1. The quantitative estimate of drug-likeness (QED) is 0.768. The number of nitrogens with zero attached hydrogens (tertiary/aromatic N) is 1. The summed E-state index contributed by atoms with van der Waals surface area (Å²) in [6, 6.07) is 14.1. The summed E-state index contributed by atoms with van der Waals surface area (Å²) in [6.07, 6.45) is 0. The van der Waals surface area contributed by atoms with E-state index in [0.717, 1.165) is 32.3 Å². The van der Waals surface area contributed by atoms with Crippen molar-refractivity contribution in [1.29, 1.82) is 0 Å². The number of aromatic nitrogens is 1. The number of para-hydroxylation sites is 1. The Morgan fingerprint density at radius 1 is 1.16 bits per heavy atom. The molecule has 0 fully saturated rings. The Kier molecular flexibility index (Phi) is 3.09. The standard InChI is InChI=1S/C15H14N2OS/c1-10-8-12(18-2)9-13-14(10)17-15(19-13)16-11-6-4-3-5-7-11/h3-9H,1-2H3,(H,16,17). The Hall–Kier alpha value is -2.07. The number of hydrogen-bond acceptors (Lipinski definition) is 4. The average Bonchev–Trinajstić information content (AvgIpc) is 2.83. The Labute approximate surface area is 115 Å². The Morgan fingerprint density at radius 3 is 2.68 bits per heavy atom. The van der Waals surface area contributed by atoms with Crippen molar-refractivity contribution in [2.75, 3.05) is 12.4 Å². The molecule has 0 aliphatic heterocycles. The van der Waals surface area contributed by atoms with Crippen molar-refractivity contribution in [3.8, 4) is 5.75 Å². The number of hydrogen-bond donors (Lipinski definition) is 1. The summed E-state index contributed by atoms with van der Waals surface area (Å²) in [4.78, 5) is 4.63. The van der Waals surface area contributed by atoms with Gasteiger partial charge >= 0.3 is 0 Å². The second-order valence-corrected chi connectivity index (χ2v) is 5.33. The molecule has 1 N–H and O–H groups in total. The number of benzene rings is 2. The maximum atomic E-state index is 5.29. The molecule has 0 unspecified atom stereocenters. The molecule has 0 atom stereocenters. The van der Waals surface area contributed by atoms with Crippen LogP contribution in [0.5, 0.6) is 5.75 Å². The van der Waals surface area contributed by atoms with Gasteiger partial charge in [-0.05, 0) is 36.8 Å². The van der Waals surface area contributed by atoms with E-state index in [1.54, 1.807) is 18.4 Å². The molecule has 3 rings (SSSR count). The zero-order valence-electron chi connectivity index (χ0n) is 10.8. The second kappa shape index (κ2) is 4.90. The molecule has 0 aliphatic rings. The molecular weight excluding hydrogens is 256 g/mol. The van der Waals surface area contributed by atoms with Gasteiger partial charge in [0.2, 0.25) is 0 Å². The van der Waals surface area contributed by atoms with E-state index in [0.29, 0.717) is 0 Å². The van der Waals surface area contributed by atoms with Gasteiger partial charge in [0.05, 0.1) is 17.3 Å². The SMILES string of the molecule is COc1cc(C)c2nc(Nc3ccccc3)sc2c1. The normalized spacial score (nSPS) is 10.6. The maximum Gasteiger partial charge on any atom is 0.188 e. The third kappa shape index (κ3) is 2.39. The van der Waals surface area contributed by atoms with Gasteiger partial charge in [-0.25, -0.2) is 4.98 Å². The van der Waals surface area contributed by atoms with Crippen molar-refractivity contribution in [1.82, 2.24) is 4.98 Å². The molecule has 0 saturated heterocycles. The first kappa shape index (κ1) is 12.0. The summed E-state index contributed by atoms with van der Waals surface area (Å²) in [5.41, 5.74) is 3.21. The molecule has 0 radical (unpaired) electrons. The molecule has 0 bridgehead atoms. The topological polar surface area (TPSA) is 34.1 Å². The minimum absolute atomic E-state index is 0.875. The lowest BCUT2D eigenvalue weighted by molar-refractivity contribution is 0.415. The molecule has 1 aromatic heterocycles. The van der Waals surface area contributed by atoms with Gasteiger partial charge in [-0.15, -0.1) is 0 Å². The zero-order valence-corrected chi connectivity index (χ0v) is 11.6. The first-order valence-corrected chi connectivity index (χ1v) is 6.85. The van der Waals surface area contributed by atoms with Gasteiger partial charge in [0, 0.05) is 5.69 Å².